The molecule has 32 heavy (non-hydrogen) atoms. The van der Waals surface area contributed by atoms with E-state index in [4.69, 9.17) is 21.7 Å². The zero-order valence-corrected chi connectivity index (χ0v) is 19.3. The van der Waals surface area contributed by atoms with Gasteiger partial charge in [0.05, 0.1) is 23.9 Å². The molecule has 8 nitrogen and oxygen atoms in total. The SMILES string of the molecule is COc1cc(C)ccc1Oc1ccc(NC(=O)C(C)n2c(-c3cccs3)n[nH]c2=S)cn1. The number of ether oxygens (including phenoxy) is 2. The number of H-pyrrole nitrogens is 1. The fourth-order valence-electron chi connectivity index (χ4n) is 3.09. The second-order valence-electron chi connectivity index (χ2n) is 7.01. The fourth-order valence-corrected chi connectivity index (χ4v) is 4.09. The lowest BCUT2D eigenvalue weighted by Gasteiger charge is -2.15. The zero-order valence-electron chi connectivity index (χ0n) is 17.7. The smallest absolute Gasteiger partial charge is 0.247 e. The summed E-state index contributed by atoms with van der Waals surface area (Å²) in [5, 5.41) is 11.9. The van der Waals surface area contributed by atoms with Crippen LogP contribution in [-0.4, -0.2) is 32.8 Å². The number of rotatable bonds is 7. The molecule has 0 saturated heterocycles. The second-order valence-corrected chi connectivity index (χ2v) is 8.34. The van der Waals surface area contributed by atoms with Crippen LogP contribution in [0.15, 0.2) is 54.0 Å². The van der Waals surface area contributed by atoms with Crippen LogP contribution in [0, 0.1) is 11.7 Å². The normalized spacial score (nSPS) is 11.7. The lowest BCUT2D eigenvalue weighted by molar-refractivity contribution is -0.118. The molecule has 0 aliphatic rings. The van der Waals surface area contributed by atoms with E-state index in [-0.39, 0.29) is 5.91 Å². The number of aromatic amines is 1. The topological polar surface area (TPSA) is 94.1 Å². The molecule has 0 spiro atoms. The average Bonchev–Trinajstić information content (AvgIpc) is 3.45. The monoisotopic (exact) mass is 467 g/mol. The standard InChI is InChI=1S/C22H21N5O3S2/c1-13-6-8-16(17(11-13)29-3)30-19-9-7-15(12-23-19)24-21(28)14(2)27-20(25-26-22(27)31)18-5-4-10-32-18/h4-12,14H,1-3H3,(H,24,28)(H,26,31). The molecule has 1 unspecified atom stereocenters. The minimum Gasteiger partial charge on any atom is -0.493 e. The number of anilines is 1. The van der Waals surface area contributed by atoms with Crippen molar-refractivity contribution in [2.45, 2.75) is 19.9 Å². The van der Waals surface area contributed by atoms with Gasteiger partial charge in [-0.1, -0.05) is 12.1 Å². The van der Waals surface area contributed by atoms with Crippen LogP contribution in [0.4, 0.5) is 5.69 Å². The van der Waals surface area contributed by atoms with Gasteiger partial charge in [0.1, 0.15) is 6.04 Å². The highest BCUT2D eigenvalue weighted by molar-refractivity contribution is 7.71. The van der Waals surface area contributed by atoms with Crippen LogP contribution in [0.1, 0.15) is 18.5 Å². The van der Waals surface area contributed by atoms with Gasteiger partial charge in [0.25, 0.3) is 0 Å². The van der Waals surface area contributed by atoms with E-state index in [0.29, 0.717) is 33.7 Å². The molecule has 0 aliphatic heterocycles. The molecule has 4 rings (SSSR count). The van der Waals surface area contributed by atoms with Gasteiger partial charge in [0.2, 0.25) is 11.8 Å². The van der Waals surface area contributed by atoms with E-state index in [1.165, 1.54) is 17.5 Å². The number of benzene rings is 1. The predicted octanol–water partition coefficient (Wildman–Crippen LogP) is 5.37. The third-order valence-corrected chi connectivity index (χ3v) is 5.90. The van der Waals surface area contributed by atoms with Gasteiger partial charge in [-0.05, 0) is 61.3 Å². The number of carbonyl (C=O) groups is 1. The van der Waals surface area contributed by atoms with Crippen molar-refractivity contribution in [3.8, 4) is 28.1 Å². The summed E-state index contributed by atoms with van der Waals surface area (Å²) in [4.78, 5) is 18.1. The number of hydrogen-bond acceptors (Lipinski definition) is 7. The van der Waals surface area contributed by atoms with Gasteiger partial charge in [-0.15, -0.1) is 11.3 Å². The van der Waals surface area contributed by atoms with Crippen molar-refractivity contribution in [2.75, 3.05) is 12.4 Å². The van der Waals surface area contributed by atoms with Crippen LogP contribution < -0.4 is 14.8 Å². The minimum absolute atomic E-state index is 0.240. The van der Waals surface area contributed by atoms with Crippen LogP contribution in [0.3, 0.4) is 0 Å². The Bertz CT molecular complexity index is 1280. The molecule has 10 heteroatoms. The van der Waals surface area contributed by atoms with Crippen molar-refractivity contribution in [3.63, 3.8) is 0 Å². The van der Waals surface area contributed by atoms with Crippen molar-refractivity contribution >= 4 is 35.1 Å². The number of amides is 1. The van der Waals surface area contributed by atoms with Gasteiger partial charge in [-0.3, -0.25) is 14.5 Å². The van der Waals surface area contributed by atoms with E-state index in [1.54, 1.807) is 30.7 Å². The highest BCUT2D eigenvalue weighted by Gasteiger charge is 2.21. The summed E-state index contributed by atoms with van der Waals surface area (Å²) >= 11 is 6.87. The molecule has 2 N–H and O–H groups in total. The van der Waals surface area contributed by atoms with Crippen molar-refractivity contribution < 1.29 is 14.3 Å². The van der Waals surface area contributed by atoms with Crippen molar-refractivity contribution in [3.05, 3.63) is 64.4 Å². The Kier molecular flexibility index (Phi) is 6.33. The highest BCUT2D eigenvalue weighted by atomic mass is 32.1. The average molecular weight is 468 g/mol. The highest BCUT2D eigenvalue weighted by Crippen LogP contribution is 2.32. The van der Waals surface area contributed by atoms with Gasteiger partial charge in [0.15, 0.2) is 22.1 Å². The summed E-state index contributed by atoms with van der Waals surface area (Å²) in [6.07, 6.45) is 1.54. The molecule has 3 heterocycles. The Labute approximate surface area is 193 Å². The number of thiophene rings is 1. The molecule has 0 radical (unpaired) electrons. The summed E-state index contributed by atoms with van der Waals surface area (Å²) < 4.78 is 13.3. The van der Waals surface area contributed by atoms with Gasteiger partial charge in [0, 0.05) is 6.07 Å². The number of pyridine rings is 1. The first-order valence-electron chi connectivity index (χ1n) is 9.76. The fraction of sp³-hybridized carbons (Fsp3) is 0.182. The summed E-state index contributed by atoms with van der Waals surface area (Å²) in [6, 6.07) is 12.3. The Hall–Kier alpha value is -3.50. The molecule has 1 amide bonds. The predicted molar refractivity (Wildman–Crippen MR) is 126 cm³/mol. The summed E-state index contributed by atoms with van der Waals surface area (Å²) in [7, 11) is 1.59. The van der Waals surface area contributed by atoms with Crippen molar-refractivity contribution in [1.82, 2.24) is 19.7 Å². The molecule has 4 aromatic rings. The number of nitrogens with one attached hydrogen (secondary N) is 2. The maximum Gasteiger partial charge on any atom is 0.247 e. The summed E-state index contributed by atoms with van der Waals surface area (Å²) in [5.41, 5.74) is 1.60. The molecule has 164 valence electrons. The number of nitrogens with zero attached hydrogens (tertiary/aromatic N) is 3. The maximum atomic E-state index is 12.9. The molecule has 0 aliphatic carbocycles. The Morgan fingerprint density at radius 3 is 2.78 bits per heavy atom. The van der Waals surface area contributed by atoms with Crippen molar-refractivity contribution in [2.24, 2.45) is 0 Å². The number of methoxy groups -OCH3 is 1. The van der Waals surface area contributed by atoms with E-state index in [1.807, 2.05) is 42.6 Å². The maximum absolute atomic E-state index is 12.9. The van der Waals surface area contributed by atoms with Crippen LogP contribution in [0.5, 0.6) is 17.4 Å². The number of hydrogen-bond donors (Lipinski definition) is 2. The molecule has 3 aromatic heterocycles. The molecular formula is C22H21N5O3S2. The number of aryl methyl sites for hydroxylation is 1. The summed E-state index contributed by atoms with van der Waals surface area (Å²) in [6.45, 7) is 3.75. The molecule has 1 aromatic carbocycles. The largest absolute Gasteiger partial charge is 0.493 e. The van der Waals surface area contributed by atoms with Crippen LogP contribution in [-0.2, 0) is 4.79 Å². The second kappa shape index (κ2) is 9.33. The Balaban J connectivity index is 1.47. The minimum atomic E-state index is -0.578. The number of aromatic nitrogens is 4. The van der Waals surface area contributed by atoms with Crippen LogP contribution >= 0.6 is 23.6 Å². The lowest BCUT2D eigenvalue weighted by atomic mass is 10.2. The van der Waals surface area contributed by atoms with E-state index in [0.717, 1.165) is 10.4 Å². The Morgan fingerprint density at radius 2 is 2.09 bits per heavy atom. The number of carbonyl (C=O) groups excluding carboxylic acids is 1. The first-order chi connectivity index (χ1) is 15.5. The van der Waals surface area contributed by atoms with Gasteiger partial charge >= 0.3 is 0 Å². The quantitative estimate of drug-likeness (QED) is 0.355. The lowest BCUT2D eigenvalue weighted by Crippen LogP contribution is -2.24. The van der Waals surface area contributed by atoms with Gasteiger partial charge in [-0.2, -0.15) is 5.10 Å². The van der Waals surface area contributed by atoms with Crippen LogP contribution in [0.2, 0.25) is 0 Å². The first kappa shape index (κ1) is 21.7. The third kappa shape index (κ3) is 4.56. The van der Waals surface area contributed by atoms with E-state index < -0.39 is 6.04 Å². The molecule has 1 atom stereocenters. The first-order valence-corrected chi connectivity index (χ1v) is 11.0. The van der Waals surface area contributed by atoms with E-state index >= 15 is 0 Å². The molecular weight excluding hydrogens is 446 g/mol. The molecule has 0 saturated carbocycles. The van der Waals surface area contributed by atoms with E-state index in [2.05, 4.69) is 20.5 Å². The third-order valence-electron chi connectivity index (χ3n) is 4.75. The zero-order chi connectivity index (χ0) is 22.7. The van der Waals surface area contributed by atoms with E-state index in [9.17, 15) is 4.79 Å². The summed E-state index contributed by atoms with van der Waals surface area (Å²) in [5.74, 6) is 1.95. The van der Waals surface area contributed by atoms with Crippen molar-refractivity contribution in [1.29, 1.82) is 0 Å². The van der Waals surface area contributed by atoms with Gasteiger partial charge in [-0.25, -0.2) is 4.98 Å². The molecule has 0 fully saturated rings. The Morgan fingerprint density at radius 1 is 1.25 bits per heavy atom. The molecule has 0 bridgehead atoms. The van der Waals surface area contributed by atoms with Crippen LogP contribution in [0.25, 0.3) is 10.7 Å². The van der Waals surface area contributed by atoms with Gasteiger partial charge < -0.3 is 14.8 Å².